The summed E-state index contributed by atoms with van der Waals surface area (Å²) in [5, 5.41) is 8.33. The molecular formula is C16H21N5O. The molecule has 0 bridgehead atoms. The van der Waals surface area contributed by atoms with Crippen molar-refractivity contribution in [1.29, 1.82) is 0 Å². The van der Waals surface area contributed by atoms with Crippen LogP contribution in [0.3, 0.4) is 0 Å². The van der Waals surface area contributed by atoms with Crippen molar-refractivity contribution in [3.05, 3.63) is 41.9 Å². The number of nitrogens with two attached hydrogens (primary N) is 1. The first-order chi connectivity index (χ1) is 10.9. The van der Waals surface area contributed by atoms with Crippen LogP contribution < -0.4 is 11.1 Å². The molecule has 0 saturated heterocycles. The maximum absolute atomic E-state index is 5.47. The number of para-hydroxylation sites is 1. The number of benzene rings is 1. The first-order valence-electron chi connectivity index (χ1n) is 7.68. The number of nitrogens with one attached hydrogen (secondary N) is 2. The van der Waals surface area contributed by atoms with Crippen LogP contribution in [-0.4, -0.2) is 28.2 Å². The summed E-state index contributed by atoms with van der Waals surface area (Å²) in [5.41, 5.74) is 7.75. The molecule has 0 aliphatic heterocycles. The Labute approximate surface area is 129 Å². The summed E-state index contributed by atoms with van der Waals surface area (Å²) in [6.45, 7) is 1.59. The zero-order chi connectivity index (χ0) is 15.2. The Bertz CT molecular complexity index is 718. The van der Waals surface area contributed by atoms with Crippen LogP contribution in [0.2, 0.25) is 0 Å². The van der Waals surface area contributed by atoms with Gasteiger partial charge in [0, 0.05) is 23.6 Å². The van der Waals surface area contributed by atoms with Gasteiger partial charge in [0.15, 0.2) is 0 Å². The van der Waals surface area contributed by atoms with Gasteiger partial charge in [0.1, 0.15) is 0 Å². The monoisotopic (exact) mass is 299 g/mol. The summed E-state index contributed by atoms with van der Waals surface area (Å²) in [4.78, 5) is 7.64. The number of aromatic amines is 1. The quantitative estimate of drug-likeness (QED) is 0.556. The zero-order valence-electron chi connectivity index (χ0n) is 12.5. The molecule has 6 heteroatoms. The molecule has 22 heavy (non-hydrogen) atoms. The Balaban J connectivity index is 1.57. The molecule has 0 unspecified atom stereocenters. The largest absolute Gasteiger partial charge is 0.361 e. The van der Waals surface area contributed by atoms with Crippen molar-refractivity contribution in [2.75, 3.05) is 18.4 Å². The fraction of sp³-hybridized carbons (Fsp3) is 0.375. The maximum Gasteiger partial charge on any atom is 0.263 e. The van der Waals surface area contributed by atoms with Crippen molar-refractivity contribution in [2.45, 2.75) is 25.7 Å². The number of hydrogen-bond acceptors (Lipinski definition) is 5. The second-order valence-corrected chi connectivity index (χ2v) is 5.32. The molecule has 2 aromatic heterocycles. The van der Waals surface area contributed by atoms with E-state index in [4.69, 9.17) is 10.3 Å². The number of hydrogen-bond donors (Lipinski definition) is 3. The fourth-order valence-electron chi connectivity index (χ4n) is 2.49. The molecule has 0 fully saturated rings. The lowest BCUT2D eigenvalue weighted by atomic mass is 10.1. The minimum absolute atomic E-state index is 0.558. The molecule has 0 aliphatic carbocycles. The van der Waals surface area contributed by atoms with E-state index < -0.39 is 0 Å². The van der Waals surface area contributed by atoms with E-state index in [-0.39, 0.29) is 0 Å². The zero-order valence-corrected chi connectivity index (χ0v) is 12.5. The molecule has 0 aliphatic rings. The fourth-order valence-corrected chi connectivity index (χ4v) is 2.49. The Morgan fingerprint density at radius 2 is 2.09 bits per heavy atom. The predicted octanol–water partition coefficient (Wildman–Crippen LogP) is 2.68. The van der Waals surface area contributed by atoms with Crippen LogP contribution in [0, 0.1) is 0 Å². The van der Waals surface area contributed by atoms with Gasteiger partial charge in [0.25, 0.3) is 5.95 Å². The highest BCUT2D eigenvalue weighted by molar-refractivity contribution is 5.83. The molecule has 3 aromatic rings. The second-order valence-electron chi connectivity index (χ2n) is 5.32. The number of fused-ring (bicyclic) bond motifs is 1. The molecule has 0 radical (unpaired) electrons. The molecule has 116 valence electrons. The molecule has 6 nitrogen and oxygen atoms in total. The number of nitrogens with zero attached hydrogens (tertiary/aromatic N) is 2. The standard InChI is InChI=1S/C16H21N5O/c17-8-4-1-5-9-18-16-20-15(22-21-16)10-12-11-19-14-7-3-2-6-13(12)14/h2-3,6-7,11,19H,1,4-5,8-10,17H2,(H,18,21). The van der Waals surface area contributed by atoms with Crippen LogP contribution >= 0.6 is 0 Å². The van der Waals surface area contributed by atoms with E-state index in [0.29, 0.717) is 18.3 Å². The number of anilines is 1. The lowest BCUT2D eigenvalue weighted by molar-refractivity contribution is 0.386. The van der Waals surface area contributed by atoms with Gasteiger partial charge in [-0.25, -0.2) is 0 Å². The molecule has 0 saturated carbocycles. The highest BCUT2D eigenvalue weighted by Crippen LogP contribution is 2.20. The van der Waals surface area contributed by atoms with Crippen molar-refractivity contribution < 1.29 is 4.52 Å². The van der Waals surface area contributed by atoms with Gasteiger partial charge in [-0.15, -0.1) is 0 Å². The Morgan fingerprint density at radius 3 is 3.00 bits per heavy atom. The number of rotatable bonds is 8. The molecule has 4 N–H and O–H groups in total. The van der Waals surface area contributed by atoms with Crippen molar-refractivity contribution in [3.63, 3.8) is 0 Å². The number of H-pyrrole nitrogens is 1. The third-order valence-corrected chi connectivity index (χ3v) is 3.65. The average Bonchev–Trinajstić information content (AvgIpc) is 3.15. The van der Waals surface area contributed by atoms with Gasteiger partial charge in [0.2, 0.25) is 5.89 Å². The van der Waals surface area contributed by atoms with Gasteiger partial charge in [0.05, 0.1) is 6.42 Å². The van der Waals surface area contributed by atoms with Gasteiger partial charge in [-0.1, -0.05) is 24.6 Å². The van der Waals surface area contributed by atoms with E-state index in [0.717, 1.165) is 43.4 Å². The lowest BCUT2D eigenvalue weighted by Gasteiger charge is -1.99. The molecule has 3 rings (SSSR count). The summed E-state index contributed by atoms with van der Waals surface area (Å²) in [5.74, 6) is 1.18. The van der Waals surface area contributed by atoms with Crippen molar-refractivity contribution in [2.24, 2.45) is 5.73 Å². The molecule has 0 atom stereocenters. The summed E-state index contributed by atoms with van der Waals surface area (Å²) in [6, 6.07) is 8.19. The van der Waals surface area contributed by atoms with Crippen LogP contribution in [0.15, 0.2) is 35.0 Å². The maximum atomic E-state index is 5.47. The number of aromatic nitrogens is 3. The third kappa shape index (κ3) is 3.46. The molecular weight excluding hydrogens is 278 g/mol. The summed E-state index contributed by atoms with van der Waals surface area (Å²) in [7, 11) is 0. The van der Waals surface area contributed by atoms with Crippen LogP contribution in [-0.2, 0) is 6.42 Å². The van der Waals surface area contributed by atoms with E-state index in [1.165, 1.54) is 5.39 Å². The van der Waals surface area contributed by atoms with E-state index in [2.05, 4.69) is 32.6 Å². The Hall–Kier alpha value is -2.34. The SMILES string of the molecule is NCCCCCNc1noc(Cc2c[nH]c3ccccc23)n1. The van der Waals surface area contributed by atoms with Gasteiger partial charge in [-0.05, 0) is 36.2 Å². The number of unbranched alkanes of at least 4 members (excludes halogenated alkanes) is 2. The molecule has 2 heterocycles. The van der Waals surface area contributed by atoms with Gasteiger partial charge >= 0.3 is 0 Å². The van der Waals surface area contributed by atoms with E-state index in [1.54, 1.807) is 0 Å². The summed E-state index contributed by atoms with van der Waals surface area (Å²) < 4.78 is 5.31. The van der Waals surface area contributed by atoms with Crippen molar-refractivity contribution in [1.82, 2.24) is 15.1 Å². The lowest BCUT2D eigenvalue weighted by Crippen LogP contribution is -2.05. The van der Waals surface area contributed by atoms with Crippen LogP contribution in [0.4, 0.5) is 5.95 Å². The smallest absolute Gasteiger partial charge is 0.263 e. The van der Waals surface area contributed by atoms with Crippen molar-refractivity contribution >= 4 is 16.9 Å². The average molecular weight is 299 g/mol. The Morgan fingerprint density at radius 1 is 1.18 bits per heavy atom. The first kappa shape index (κ1) is 14.6. The summed E-state index contributed by atoms with van der Waals surface area (Å²) in [6.07, 6.45) is 5.85. The second kappa shape index (κ2) is 7.09. The minimum Gasteiger partial charge on any atom is -0.361 e. The minimum atomic E-state index is 0.558. The highest BCUT2D eigenvalue weighted by atomic mass is 16.5. The van der Waals surface area contributed by atoms with Crippen LogP contribution in [0.1, 0.15) is 30.7 Å². The highest BCUT2D eigenvalue weighted by Gasteiger charge is 2.10. The van der Waals surface area contributed by atoms with Crippen LogP contribution in [0.25, 0.3) is 10.9 Å². The normalized spacial score (nSPS) is 11.1. The topological polar surface area (TPSA) is 92.8 Å². The van der Waals surface area contributed by atoms with E-state index in [9.17, 15) is 0 Å². The Kier molecular flexibility index (Phi) is 4.70. The van der Waals surface area contributed by atoms with Crippen LogP contribution in [0.5, 0.6) is 0 Å². The van der Waals surface area contributed by atoms with Gasteiger partial charge in [-0.2, -0.15) is 4.98 Å². The van der Waals surface area contributed by atoms with Gasteiger partial charge < -0.3 is 20.6 Å². The first-order valence-corrected chi connectivity index (χ1v) is 7.68. The van der Waals surface area contributed by atoms with E-state index in [1.807, 2.05) is 18.3 Å². The molecule has 1 aromatic carbocycles. The third-order valence-electron chi connectivity index (χ3n) is 3.65. The predicted molar refractivity (Wildman–Crippen MR) is 86.8 cm³/mol. The summed E-state index contributed by atoms with van der Waals surface area (Å²) >= 11 is 0. The molecule has 0 amide bonds. The van der Waals surface area contributed by atoms with Gasteiger partial charge in [-0.3, -0.25) is 0 Å². The van der Waals surface area contributed by atoms with E-state index >= 15 is 0 Å². The molecule has 0 spiro atoms. The van der Waals surface area contributed by atoms with Crippen molar-refractivity contribution in [3.8, 4) is 0 Å².